The van der Waals surface area contributed by atoms with E-state index in [4.69, 9.17) is 5.11 Å². The molecule has 0 saturated heterocycles. The van der Waals surface area contributed by atoms with E-state index < -0.39 is 11.9 Å². The fourth-order valence-corrected chi connectivity index (χ4v) is 1.53. The minimum atomic E-state index is -0.856. The SMILES string of the molecule is CC(C)C(C(=O)O)c1cccc(O)c1. The van der Waals surface area contributed by atoms with Crippen LogP contribution in [0, 0.1) is 5.92 Å². The molecular formula is C11H14O3. The Bertz CT molecular complexity index is 331. The number of aromatic hydroxyl groups is 1. The topological polar surface area (TPSA) is 57.5 Å². The molecule has 0 aliphatic carbocycles. The molecule has 0 heterocycles. The second kappa shape index (κ2) is 4.13. The van der Waals surface area contributed by atoms with Gasteiger partial charge in [0.2, 0.25) is 0 Å². The number of benzene rings is 1. The summed E-state index contributed by atoms with van der Waals surface area (Å²) in [5, 5.41) is 18.2. The number of phenolic OH excluding ortho intramolecular Hbond substituents is 1. The third-order valence-electron chi connectivity index (χ3n) is 2.16. The third-order valence-corrected chi connectivity index (χ3v) is 2.16. The van der Waals surface area contributed by atoms with Crippen molar-refractivity contribution in [1.82, 2.24) is 0 Å². The first-order valence-corrected chi connectivity index (χ1v) is 4.54. The van der Waals surface area contributed by atoms with Crippen molar-refractivity contribution in [3.8, 4) is 5.75 Å². The maximum Gasteiger partial charge on any atom is 0.311 e. The summed E-state index contributed by atoms with van der Waals surface area (Å²) >= 11 is 0. The number of carboxylic acids is 1. The van der Waals surface area contributed by atoms with Crippen molar-refractivity contribution < 1.29 is 15.0 Å². The summed E-state index contributed by atoms with van der Waals surface area (Å²) in [6.07, 6.45) is 0. The zero-order valence-electron chi connectivity index (χ0n) is 8.27. The van der Waals surface area contributed by atoms with Gasteiger partial charge in [-0.1, -0.05) is 26.0 Å². The van der Waals surface area contributed by atoms with Crippen LogP contribution in [0.4, 0.5) is 0 Å². The van der Waals surface area contributed by atoms with Crippen molar-refractivity contribution in [3.63, 3.8) is 0 Å². The molecular weight excluding hydrogens is 180 g/mol. The first-order valence-electron chi connectivity index (χ1n) is 4.54. The van der Waals surface area contributed by atoms with Gasteiger partial charge in [-0.3, -0.25) is 4.79 Å². The summed E-state index contributed by atoms with van der Waals surface area (Å²) in [7, 11) is 0. The number of phenols is 1. The smallest absolute Gasteiger partial charge is 0.311 e. The van der Waals surface area contributed by atoms with Crippen LogP contribution in [0.25, 0.3) is 0 Å². The van der Waals surface area contributed by atoms with Crippen molar-refractivity contribution >= 4 is 5.97 Å². The van der Waals surface area contributed by atoms with Gasteiger partial charge >= 0.3 is 5.97 Å². The van der Waals surface area contributed by atoms with E-state index in [1.165, 1.54) is 12.1 Å². The highest BCUT2D eigenvalue weighted by Gasteiger charge is 2.23. The summed E-state index contributed by atoms with van der Waals surface area (Å²) in [6.45, 7) is 3.70. The molecule has 0 spiro atoms. The van der Waals surface area contributed by atoms with Crippen molar-refractivity contribution in [2.75, 3.05) is 0 Å². The number of hydrogen-bond acceptors (Lipinski definition) is 2. The average molecular weight is 194 g/mol. The molecule has 0 radical (unpaired) electrons. The van der Waals surface area contributed by atoms with Gasteiger partial charge in [0.05, 0.1) is 5.92 Å². The minimum absolute atomic E-state index is 0.00861. The highest BCUT2D eigenvalue weighted by molar-refractivity contribution is 5.76. The van der Waals surface area contributed by atoms with Crippen LogP contribution in [0.1, 0.15) is 25.3 Å². The molecule has 0 fully saturated rings. The molecule has 3 heteroatoms. The Morgan fingerprint density at radius 2 is 2.00 bits per heavy atom. The van der Waals surface area contributed by atoms with E-state index in [-0.39, 0.29) is 11.7 Å². The summed E-state index contributed by atoms with van der Waals surface area (Å²) in [5.74, 6) is -1.30. The predicted molar refractivity (Wildman–Crippen MR) is 53.3 cm³/mol. The fourth-order valence-electron chi connectivity index (χ4n) is 1.53. The van der Waals surface area contributed by atoms with Crippen molar-refractivity contribution in [1.29, 1.82) is 0 Å². The van der Waals surface area contributed by atoms with Gasteiger partial charge < -0.3 is 10.2 Å². The molecule has 1 unspecified atom stereocenters. The summed E-state index contributed by atoms with van der Waals surface area (Å²) in [6, 6.07) is 6.41. The molecule has 1 aromatic rings. The first-order chi connectivity index (χ1) is 6.52. The molecule has 0 aliphatic rings. The normalized spacial score (nSPS) is 12.8. The number of rotatable bonds is 3. The van der Waals surface area contributed by atoms with E-state index >= 15 is 0 Å². The quantitative estimate of drug-likeness (QED) is 0.775. The molecule has 0 bridgehead atoms. The fraction of sp³-hybridized carbons (Fsp3) is 0.364. The van der Waals surface area contributed by atoms with Gasteiger partial charge in [0.15, 0.2) is 0 Å². The Labute approximate surface area is 83.0 Å². The van der Waals surface area contributed by atoms with Gasteiger partial charge in [0.25, 0.3) is 0 Å². The van der Waals surface area contributed by atoms with Crippen LogP contribution in [-0.2, 0) is 4.79 Å². The van der Waals surface area contributed by atoms with Gasteiger partial charge in [-0.15, -0.1) is 0 Å². The lowest BCUT2D eigenvalue weighted by molar-refractivity contribution is -0.139. The van der Waals surface area contributed by atoms with Crippen LogP contribution in [0.2, 0.25) is 0 Å². The van der Waals surface area contributed by atoms with E-state index in [1.807, 2.05) is 13.8 Å². The molecule has 1 rings (SSSR count). The number of hydrogen-bond donors (Lipinski definition) is 2. The van der Waals surface area contributed by atoms with E-state index in [0.29, 0.717) is 5.56 Å². The molecule has 0 amide bonds. The molecule has 1 atom stereocenters. The maximum atomic E-state index is 11.0. The van der Waals surface area contributed by atoms with Gasteiger partial charge in [0.1, 0.15) is 5.75 Å². The van der Waals surface area contributed by atoms with Gasteiger partial charge in [0, 0.05) is 0 Å². The average Bonchev–Trinajstić information content (AvgIpc) is 2.02. The first kappa shape index (κ1) is 10.6. The van der Waals surface area contributed by atoms with Crippen LogP contribution in [-0.4, -0.2) is 16.2 Å². The van der Waals surface area contributed by atoms with Gasteiger partial charge in [-0.25, -0.2) is 0 Å². The molecule has 76 valence electrons. The number of carboxylic acid groups (broad SMARTS) is 1. The van der Waals surface area contributed by atoms with Crippen molar-refractivity contribution in [2.24, 2.45) is 5.92 Å². The molecule has 0 aliphatic heterocycles. The lowest BCUT2D eigenvalue weighted by Gasteiger charge is -2.16. The van der Waals surface area contributed by atoms with Crippen LogP contribution in [0.15, 0.2) is 24.3 Å². The van der Waals surface area contributed by atoms with Gasteiger partial charge in [-0.05, 0) is 23.6 Å². The second-order valence-corrected chi connectivity index (χ2v) is 3.65. The molecule has 3 nitrogen and oxygen atoms in total. The van der Waals surface area contributed by atoms with E-state index in [0.717, 1.165) is 0 Å². The summed E-state index contributed by atoms with van der Waals surface area (Å²) < 4.78 is 0. The summed E-state index contributed by atoms with van der Waals surface area (Å²) in [4.78, 5) is 11.0. The van der Waals surface area contributed by atoms with Crippen molar-refractivity contribution in [3.05, 3.63) is 29.8 Å². The highest BCUT2D eigenvalue weighted by atomic mass is 16.4. The monoisotopic (exact) mass is 194 g/mol. The second-order valence-electron chi connectivity index (χ2n) is 3.65. The number of carbonyl (C=O) groups is 1. The van der Waals surface area contributed by atoms with E-state index in [9.17, 15) is 9.90 Å². The lowest BCUT2D eigenvalue weighted by atomic mass is 9.88. The summed E-state index contributed by atoms with van der Waals surface area (Å²) in [5.41, 5.74) is 0.646. The van der Waals surface area contributed by atoms with Crippen LogP contribution in [0.5, 0.6) is 5.75 Å². The zero-order chi connectivity index (χ0) is 10.7. The Hall–Kier alpha value is -1.51. The highest BCUT2D eigenvalue weighted by Crippen LogP contribution is 2.26. The number of aliphatic carboxylic acids is 1. The Balaban J connectivity index is 3.05. The van der Waals surface area contributed by atoms with Crippen LogP contribution in [0.3, 0.4) is 0 Å². The molecule has 0 aromatic heterocycles. The standard InChI is InChI=1S/C11H14O3/c1-7(2)10(11(13)14)8-4-3-5-9(12)6-8/h3-7,10,12H,1-2H3,(H,13,14). The maximum absolute atomic E-state index is 11.0. The van der Waals surface area contributed by atoms with Crippen molar-refractivity contribution in [2.45, 2.75) is 19.8 Å². The predicted octanol–water partition coefficient (Wildman–Crippen LogP) is 2.22. The van der Waals surface area contributed by atoms with Crippen LogP contribution >= 0.6 is 0 Å². The van der Waals surface area contributed by atoms with E-state index in [2.05, 4.69) is 0 Å². The van der Waals surface area contributed by atoms with E-state index in [1.54, 1.807) is 12.1 Å². The lowest BCUT2D eigenvalue weighted by Crippen LogP contribution is -2.17. The Morgan fingerprint density at radius 1 is 1.36 bits per heavy atom. The molecule has 0 saturated carbocycles. The molecule has 1 aromatic carbocycles. The largest absolute Gasteiger partial charge is 0.508 e. The molecule has 14 heavy (non-hydrogen) atoms. The van der Waals surface area contributed by atoms with Gasteiger partial charge in [-0.2, -0.15) is 0 Å². The molecule has 2 N–H and O–H groups in total. The Kier molecular flexibility index (Phi) is 3.12. The Morgan fingerprint density at radius 3 is 2.43 bits per heavy atom. The van der Waals surface area contributed by atoms with Crippen LogP contribution < -0.4 is 0 Å². The minimum Gasteiger partial charge on any atom is -0.508 e. The zero-order valence-corrected chi connectivity index (χ0v) is 8.27. The third kappa shape index (κ3) is 2.25.